The van der Waals surface area contributed by atoms with Gasteiger partial charge >= 0.3 is 57.4 Å². The van der Waals surface area contributed by atoms with Gasteiger partial charge in [-0.15, -0.1) is 0 Å². The van der Waals surface area contributed by atoms with Gasteiger partial charge in [0.1, 0.15) is 6.10 Å². The molecule has 4 aliphatic carbocycles. The van der Waals surface area contributed by atoms with Gasteiger partial charge in [-0.25, -0.2) is 13.2 Å². The van der Waals surface area contributed by atoms with E-state index in [0.717, 1.165) is 83.8 Å². The summed E-state index contributed by atoms with van der Waals surface area (Å²) < 4.78 is 46.0. The number of ether oxygens (including phenoxy) is 1. The Morgan fingerprint density at radius 3 is 2.37 bits per heavy atom. The van der Waals surface area contributed by atoms with Crippen molar-refractivity contribution in [3.8, 4) is 0 Å². The summed E-state index contributed by atoms with van der Waals surface area (Å²) in [7, 11) is -4.76. The minimum absolute atomic E-state index is 0. The van der Waals surface area contributed by atoms with Crippen LogP contribution in [0.5, 0.6) is 0 Å². The van der Waals surface area contributed by atoms with Gasteiger partial charge in [-0.1, -0.05) is 57.9 Å². The summed E-state index contributed by atoms with van der Waals surface area (Å²) in [4.78, 5) is 16.5. The third-order valence-electron chi connectivity index (χ3n) is 14.5. The first-order valence-corrected chi connectivity index (χ1v) is 21.9. The van der Waals surface area contributed by atoms with E-state index in [-0.39, 0.29) is 80.2 Å². The van der Waals surface area contributed by atoms with Crippen molar-refractivity contribution in [2.24, 2.45) is 57.4 Å². The molecule has 0 bridgehead atoms. The number of hydrogen-bond acceptors (Lipinski definition) is 9. The van der Waals surface area contributed by atoms with E-state index in [1.54, 1.807) is 0 Å². The molecule has 0 aliphatic heterocycles. The molecule has 0 radical (unpaired) electrons. The fourth-order valence-corrected chi connectivity index (χ4v) is 12.3. The predicted octanol–water partition coefficient (Wildman–Crippen LogP) is 5.43. The van der Waals surface area contributed by atoms with Crippen molar-refractivity contribution in [2.45, 2.75) is 136 Å². The Balaban J connectivity index is 0.00000650. The van der Waals surface area contributed by atoms with Gasteiger partial charge < -0.3 is 19.9 Å². The molecule has 4 aliphatic rings. The SMILES string of the molecule is CC(CC[C@@H](OS(=O)(=O)[O-])C(C)C)[C@H]1CCC2C3C(CC[C@@]21C)[C@@]1(C)CC[C@H](NCCCNCCCCN=[N+]=[N-])C[C@@H]1C[C@H]3OC(=O)c1ccccc1.[K+]. The van der Waals surface area contributed by atoms with E-state index in [2.05, 4.69) is 41.4 Å². The number of rotatable bonds is 19. The summed E-state index contributed by atoms with van der Waals surface area (Å²) >= 11 is 0. The topological polar surface area (TPSA) is 166 Å². The molecule has 4 fully saturated rings. The molecule has 11 atom stereocenters. The number of benzene rings is 1. The Bertz CT molecular complexity index is 1500. The minimum atomic E-state index is -4.76. The first kappa shape index (κ1) is 46.1. The van der Waals surface area contributed by atoms with Gasteiger partial charge in [0.25, 0.3) is 0 Å². The molecule has 13 heteroatoms. The Kier molecular flexibility index (Phi) is 17.9. The number of carbonyl (C=O) groups excluding carboxylic acids is 1. The second kappa shape index (κ2) is 20.9. The molecular weight excluding hydrogens is 730 g/mol. The van der Waals surface area contributed by atoms with E-state index in [0.29, 0.717) is 60.1 Å². The minimum Gasteiger partial charge on any atom is -0.726 e. The van der Waals surface area contributed by atoms with Crippen LogP contribution in [0.2, 0.25) is 0 Å². The number of carbonyl (C=O) groups is 1. The summed E-state index contributed by atoms with van der Waals surface area (Å²) in [5.74, 6) is 2.34. The maximum absolute atomic E-state index is 13.7. The maximum atomic E-state index is 13.7. The van der Waals surface area contributed by atoms with Crippen LogP contribution in [0.15, 0.2) is 35.4 Å². The molecule has 4 unspecified atom stereocenters. The normalized spacial score (nSPS) is 33.0. The molecule has 5 rings (SSSR count). The van der Waals surface area contributed by atoms with Gasteiger partial charge in [0.05, 0.1) is 11.7 Å². The summed E-state index contributed by atoms with van der Waals surface area (Å²) in [6.07, 6.45) is 12.6. The molecule has 54 heavy (non-hydrogen) atoms. The summed E-state index contributed by atoms with van der Waals surface area (Å²) in [5, 5.41) is 11.0. The number of azide groups is 1. The summed E-state index contributed by atoms with van der Waals surface area (Å²) in [6, 6.07) is 9.92. The molecule has 0 saturated heterocycles. The fraction of sp³-hybridized carbons (Fsp3) is 0.829. The van der Waals surface area contributed by atoms with Crippen LogP contribution in [-0.2, 0) is 19.3 Å². The van der Waals surface area contributed by atoms with Crippen LogP contribution in [0.4, 0.5) is 0 Å². The van der Waals surface area contributed by atoms with E-state index in [4.69, 9.17) is 14.5 Å². The average molecular weight is 796 g/mol. The number of nitrogens with zero attached hydrogens (tertiary/aromatic N) is 3. The van der Waals surface area contributed by atoms with Crippen molar-refractivity contribution < 1.29 is 78.1 Å². The van der Waals surface area contributed by atoms with Crippen molar-refractivity contribution >= 4 is 16.4 Å². The zero-order chi connectivity index (χ0) is 38.2. The van der Waals surface area contributed by atoms with E-state index in [1.165, 1.54) is 12.8 Å². The monoisotopic (exact) mass is 795 g/mol. The van der Waals surface area contributed by atoms with Crippen molar-refractivity contribution in [3.05, 3.63) is 46.3 Å². The van der Waals surface area contributed by atoms with Crippen LogP contribution in [0, 0.1) is 52.3 Å². The average Bonchev–Trinajstić information content (AvgIpc) is 3.48. The summed E-state index contributed by atoms with van der Waals surface area (Å²) in [5.41, 5.74) is 9.35. The van der Waals surface area contributed by atoms with Gasteiger partial charge in [0.2, 0.25) is 10.4 Å². The van der Waals surface area contributed by atoms with Crippen LogP contribution in [0.25, 0.3) is 10.4 Å². The molecule has 0 amide bonds. The first-order chi connectivity index (χ1) is 25.3. The molecular formula is C41H66KN5O6S. The third kappa shape index (κ3) is 11.5. The molecule has 0 heterocycles. The number of nitrogens with one attached hydrogen (secondary N) is 2. The van der Waals surface area contributed by atoms with Crippen molar-refractivity contribution in [2.75, 3.05) is 26.2 Å². The van der Waals surface area contributed by atoms with E-state index in [9.17, 15) is 17.8 Å². The Morgan fingerprint density at radius 1 is 0.963 bits per heavy atom. The Morgan fingerprint density at radius 2 is 1.67 bits per heavy atom. The second-order valence-electron chi connectivity index (χ2n) is 17.8. The molecule has 2 N–H and O–H groups in total. The molecule has 11 nitrogen and oxygen atoms in total. The van der Waals surface area contributed by atoms with Crippen LogP contribution in [0.1, 0.15) is 128 Å². The molecule has 4 saturated carbocycles. The van der Waals surface area contributed by atoms with Gasteiger partial charge in [-0.2, -0.15) is 0 Å². The zero-order valence-electron chi connectivity index (χ0n) is 33.9. The van der Waals surface area contributed by atoms with E-state index < -0.39 is 16.5 Å². The van der Waals surface area contributed by atoms with Gasteiger partial charge in [0.15, 0.2) is 0 Å². The van der Waals surface area contributed by atoms with Gasteiger partial charge in [-0.3, -0.25) is 4.18 Å². The Hall–Kier alpha value is -0.574. The maximum Gasteiger partial charge on any atom is 1.00 e. The number of unbranched alkanes of at least 4 members (excludes halogenated alkanes) is 1. The van der Waals surface area contributed by atoms with Gasteiger partial charge in [0, 0.05) is 23.4 Å². The largest absolute Gasteiger partial charge is 1.00 e. The van der Waals surface area contributed by atoms with Crippen molar-refractivity contribution in [1.29, 1.82) is 0 Å². The van der Waals surface area contributed by atoms with Crippen molar-refractivity contribution in [3.63, 3.8) is 0 Å². The van der Waals surface area contributed by atoms with Crippen LogP contribution in [-0.4, -0.2) is 63.4 Å². The first-order valence-electron chi connectivity index (χ1n) is 20.6. The number of hydrogen-bond donors (Lipinski definition) is 2. The molecule has 0 aromatic heterocycles. The number of esters is 1. The molecule has 1 aromatic carbocycles. The van der Waals surface area contributed by atoms with Crippen molar-refractivity contribution in [1.82, 2.24) is 10.6 Å². The summed E-state index contributed by atoms with van der Waals surface area (Å²) in [6.45, 7) is 14.6. The van der Waals surface area contributed by atoms with Crippen LogP contribution < -0.4 is 62.0 Å². The van der Waals surface area contributed by atoms with Crippen LogP contribution >= 0.6 is 0 Å². The fourth-order valence-electron chi connectivity index (χ4n) is 11.7. The standard InChI is InChI=1S/C41H67N5O6S.K/c1-28(2)36(52-53(48,49)50)17-14-29(3)33-15-16-34-38-35(19-21-41(33,34)5)40(4)20-18-32(44-24-11-23-43-22-9-10-25-45-46-42)26-31(40)27-37(38)51-39(47)30-12-7-6-8-13-30;/h6-8,12-13,28-29,31-38,43-44H,9-11,14-27H2,1-5H3,(H,48,49,50);/q;+1/p-1/t29?,31-,32+,33-,34?,35?,36-,37-,38?,40+,41-;/m1./s1. The Labute approximate surface area is 368 Å². The van der Waals surface area contributed by atoms with Crippen LogP contribution in [0.3, 0.4) is 0 Å². The quantitative estimate of drug-likeness (QED) is 0.0274. The smallest absolute Gasteiger partial charge is 0.726 e. The molecule has 1 aromatic rings. The number of fused-ring (bicyclic) bond motifs is 5. The molecule has 298 valence electrons. The molecule has 0 spiro atoms. The van der Waals surface area contributed by atoms with E-state index in [1.807, 2.05) is 44.2 Å². The van der Waals surface area contributed by atoms with Gasteiger partial charge in [-0.05, 0) is 167 Å². The second-order valence-corrected chi connectivity index (χ2v) is 18.8. The predicted molar refractivity (Wildman–Crippen MR) is 207 cm³/mol. The van der Waals surface area contributed by atoms with E-state index >= 15 is 0 Å². The third-order valence-corrected chi connectivity index (χ3v) is 14.9. The zero-order valence-corrected chi connectivity index (χ0v) is 37.8.